The summed E-state index contributed by atoms with van der Waals surface area (Å²) in [7, 11) is 0. The van der Waals surface area contributed by atoms with Crippen LogP contribution in [0.2, 0.25) is 0 Å². The zero-order chi connectivity index (χ0) is 11.5. The van der Waals surface area contributed by atoms with E-state index in [0.29, 0.717) is 0 Å². The molecule has 2 N–H and O–H groups in total. The predicted octanol–water partition coefficient (Wildman–Crippen LogP) is 1.91. The largest absolute Gasteiger partial charge is 0.465 e. The van der Waals surface area contributed by atoms with E-state index in [1.54, 1.807) is 4.90 Å². The van der Waals surface area contributed by atoms with Gasteiger partial charge < -0.3 is 10.4 Å². The minimum atomic E-state index is -0.809. The van der Waals surface area contributed by atoms with Crippen molar-refractivity contribution in [2.24, 2.45) is 0 Å². The summed E-state index contributed by atoms with van der Waals surface area (Å²) in [6, 6.07) is 0.116. The van der Waals surface area contributed by atoms with Crippen molar-refractivity contribution >= 4 is 6.09 Å². The van der Waals surface area contributed by atoms with Gasteiger partial charge in [0.05, 0.1) is 0 Å². The summed E-state index contributed by atoms with van der Waals surface area (Å²) < 4.78 is 0. The van der Waals surface area contributed by atoms with Gasteiger partial charge in [0.25, 0.3) is 0 Å². The number of carboxylic acid groups (broad SMARTS) is 1. The molecule has 1 aliphatic heterocycles. The zero-order valence-electron chi connectivity index (χ0n) is 9.92. The molecule has 1 fully saturated rings. The van der Waals surface area contributed by atoms with Crippen LogP contribution in [0, 0.1) is 0 Å². The first-order valence-electron chi connectivity index (χ1n) is 5.66. The zero-order valence-corrected chi connectivity index (χ0v) is 9.92. The predicted molar refractivity (Wildman–Crippen MR) is 60.1 cm³/mol. The molecule has 1 atom stereocenters. The van der Waals surface area contributed by atoms with Crippen molar-refractivity contribution in [2.75, 3.05) is 13.1 Å². The second kappa shape index (κ2) is 4.84. The molecule has 1 saturated heterocycles. The number of amides is 1. The van der Waals surface area contributed by atoms with Gasteiger partial charge in [-0.3, -0.25) is 4.90 Å². The highest BCUT2D eigenvalue weighted by Crippen LogP contribution is 2.21. The van der Waals surface area contributed by atoms with Crippen molar-refractivity contribution < 1.29 is 9.90 Å². The molecular weight excluding hydrogens is 192 g/mol. The lowest BCUT2D eigenvalue weighted by atomic mass is 10.0. The van der Waals surface area contributed by atoms with E-state index >= 15 is 0 Å². The Morgan fingerprint density at radius 1 is 1.40 bits per heavy atom. The van der Waals surface area contributed by atoms with Gasteiger partial charge in [-0.05, 0) is 40.2 Å². The molecule has 0 saturated carbocycles. The Hall–Kier alpha value is -0.770. The van der Waals surface area contributed by atoms with Crippen LogP contribution in [0.1, 0.15) is 40.0 Å². The average Bonchev–Trinajstić information content (AvgIpc) is 2.29. The van der Waals surface area contributed by atoms with E-state index in [-0.39, 0.29) is 11.6 Å². The summed E-state index contributed by atoms with van der Waals surface area (Å²) in [4.78, 5) is 12.8. The molecule has 0 radical (unpaired) electrons. The van der Waals surface area contributed by atoms with Crippen LogP contribution < -0.4 is 5.32 Å². The van der Waals surface area contributed by atoms with Crippen LogP contribution in [0.5, 0.6) is 0 Å². The number of rotatable bonds is 1. The third-order valence-electron chi connectivity index (χ3n) is 2.81. The molecule has 0 spiro atoms. The van der Waals surface area contributed by atoms with Crippen molar-refractivity contribution in [1.29, 1.82) is 0 Å². The number of carbonyl (C=O) groups is 1. The maximum absolute atomic E-state index is 11.3. The maximum Gasteiger partial charge on any atom is 0.408 e. The minimum Gasteiger partial charge on any atom is -0.465 e. The standard InChI is InChI=1S/C11H22N2O2/c1-11(2,3)13(10(14)15)9-6-4-5-7-12-8-9/h9,12H,4-8H2,1-3H3,(H,14,15)/t9-/m0/s1. The molecule has 1 aliphatic rings. The third-order valence-corrected chi connectivity index (χ3v) is 2.81. The number of nitrogens with zero attached hydrogens (tertiary/aromatic N) is 1. The van der Waals surface area contributed by atoms with Crippen LogP contribution in [0.25, 0.3) is 0 Å². The van der Waals surface area contributed by atoms with Crippen LogP contribution in [-0.4, -0.2) is 40.8 Å². The molecule has 1 rings (SSSR count). The molecule has 1 amide bonds. The molecule has 0 bridgehead atoms. The fourth-order valence-electron chi connectivity index (χ4n) is 2.21. The summed E-state index contributed by atoms with van der Waals surface area (Å²) in [5.74, 6) is 0. The maximum atomic E-state index is 11.3. The monoisotopic (exact) mass is 214 g/mol. The summed E-state index contributed by atoms with van der Waals surface area (Å²) in [5.41, 5.74) is -0.317. The van der Waals surface area contributed by atoms with Crippen LogP contribution in [0.3, 0.4) is 0 Å². The van der Waals surface area contributed by atoms with E-state index in [0.717, 1.165) is 32.4 Å². The normalized spacial score (nSPS) is 23.3. The minimum absolute atomic E-state index is 0.116. The highest BCUT2D eigenvalue weighted by molar-refractivity contribution is 5.66. The third kappa shape index (κ3) is 3.38. The molecule has 1 heterocycles. The first-order chi connectivity index (χ1) is 6.93. The number of hydrogen-bond donors (Lipinski definition) is 2. The van der Waals surface area contributed by atoms with Gasteiger partial charge in [0.2, 0.25) is 0 Å². The second-order valence-electron chi connectivity index (χ2n) is 5.18. The van der Waals surface area contributed by atoms with E-state index in [2.05, 4.69) is 5.32 Å². The van der Waals surface area contributed by atoms with Gasteiger partial charge in [0, 0.05) is 18.1 Å². The number of hydrogen-bond acceptors (Lipinski definition) is 2. The quantitative estimate of drug-likeness (QED) is 0.701. The molecule has 0 unspecified atom stereocenters. The van der Waals surface area contributed by atoms with Gasteiger partial charge in [0.15, 0.2) is 0 Å². The van der Waals surface area contributed by atoms with E-state index in [1.165, 1.54) is 0 Å². The van der Waals surface area contributed by atoms with Crippen LogP contribution in [-0.2, 0) is 0 Å². The van der Waals surface area contributed by atoms with Crippen molar-refractivity contribution in [3.8, 4) is 0 Å². The molecule has 4 nitrogen and oxygen atoms in total. The van der Waals surface area contributed by atoms with Gasteiger partial charge in [0.1, 0.15) is 0 Å². The molecule has 0 aliphatic carbocycles. The van der Waals surface area contributed by atoms with Crippen molar-refractivity contribution in [1.82, 2.24) is 10.2 Å². The SMILES string of the molecule is CC(C)(C)N(C(=O)O)[C@H]1CCCCNC1. The lowest BCUT2D eigenvalue weighted by Crippen LogP contribution is -2.53. The molecular formula is C11H22N2O2. The summed E-state index contributed by atoms with van der Waals surface area (Å²) in [6.45, 7) is 7.64. The van der Waals surface area contributed by atoms with Gasteiger partial charge in [-0.1, -0.05) is 6.42 Å². The van der Waals surface area contributed by atoms with Gasteiger partial charge in [-0.15, -0.1) is 0 Å². The lowest BCUT2D eigenvalue weighted by molar-refractivity contribution is 0.0684. The van der Waals surface area contributed by atoms with Crippen molar-refractivity contribution in [3.05, 3.63) is 0 Å². The van der Waals surface area contributed by atoms with Gasteiger partial charge in [-0.25, -0.2) is 4.79 Å². The van der Waals surface area contributed by atoms with E-state index in [1.807, 2.05) is 20.8 Å². The summed E-state index contributed by atoms with van der Waals surface area (Å²) in [6.07, 6.45) is 2.42. The van der Waals surface area contributed by atoms with Crippen molar-refractivity contribution in [3.63, 3.8) is 0 Å². The first-order valence-corrected chi connectivity index (χ1v) is 5.66. The summed E-state index contributed by atoms with van der Waals surface area (Å²) >= 11 is 0. The molecule has 0 aromatic heterocycles. The van der Waals surface area contributed by atoms with Crippen LogP contribution >= 0.6 is 0 Å². The average molecular weight is 214 g/mol. The Kier molecular flexibility index (Phi) is 3.97. The van der Waals surface area contributed by atoms with Gasteiger partial charge >= 0.3 is 6.09 Å². The lowest BCUT2D eigenvalue weighted by Gasteiger charge is -2.39. The highest BCUT2D eigenvalue weighted by atomic mass is 16.4. The highest BCUT2D eigenvalue weighted by Gasteiger charge is 2.33. The molecule has 88 valence electrons. The second-order valence-corrected chi connectivity index (χ2v) is 5.18. The summed E-state index contributed by atoms with van der Waals surface area (Å²) in [5, 5.41) is 12.6. The molecule has 0 aromatic rings. The van der Waals surface area contributed by atoms with Crippen LogP contribution in [0.15, 0.2) is 0 Å². The topological polar surface area (TPSA) is 52.6 Å². The van der Waals surface area contributed by atoms with E-state index in [4.69, 9.17) is 0 Å². The van der Waals surface area contributed by atoms with Crippen molar-refractivity contribution in [2.45, 2.75) is 51.6 Å². The fourth-order valence-corrected chi connectivity index (χ4v) is 2.21. The van der Waals surface area contributed by atoms with E-state index < -0.39 is 6.09 Å². The Morgan fingerprint density at radius 3 is 2.60 bits per heavy atom. The molecule has 4 heteroatoms. The Labute approximate surface area is 91.6 Å². The Bertz CT molecular complexity index is 215. The Balaban J connectivity index is 2.74. The fraction of sp³-hybridized carbons (Fsp3) is 0.909. The van der Waals surface area contributed by atoms with Gasteiger partial charge in [-0.2, -0.15) is 0 Å². The van der Waals surface area contributed by atoms with Crippen LogP contribution in [0.4, 0.5) is 4.79 Å². The Morgan fingerprint density at radius 2 is 2.07 bits per heavy atom. The first kappa shape index (κ1) is 12.3. The smallest absolute Gasteiger partial charge is 0.408 e. The molecule has 15 heavy (non-hydrogen) atoms. The van der Waals surface area contributed by atoms with E-state index in [9.17, 15) is 9.90 Å². The number of nitrogens with one attached hydrogen (secondary N) is 1. The molecule has 0 aromatic carbocycles.